The molecule has 1 aliphatic carbocycles. The van der Waals surface area contributed by atoms with Crippen molar-refractivity contribution >= 4 is 5.71 Å². The highest BCUT2D eigenvalue weighted by Crippen LogP contribution is 2.45. The number of benzene rings is 1. The Bertz CT molecular complexity index is 959. The molecule has 4 rings (SSSR count). The molecular weight excluding hydrogens is 384 g/mol. The summed E-state index contributed by atoms with van der Waals surface area (Å²) in [4.78, 5) is 9.52. The van der Waals surface area contributed by atoms with Crippen LogP contribution in [0.25, 0.3) is 0 Å². The van der Waals surface area contributed by atoms with E-state index in [0.717, 1.165) is 35.4 Å². The van der Waals surface area contributed by atoms with Crippen LogP contribution in [-0.2, 0) is 0 Å². The number of nitrogens with zero attached hydrogens (tertiary/aromatic N) is 2. The van der Waals surface area contributed by atoms with E-state index >= 15 is 0 Å². The quantitative estimate of drug-likeness (QED) is 0.784. The molecule has 0 saturated heterocycles. The van der Waals surface area contributed by atoms with Crippen molar-refractivity contribution in [3.8, 4) is 23.3 Å². The molecule has 0 spiro atoms. The van der Waals surface area contributed by atoms with Crippen LogP contribution in [0.3, 0.4) is 0 Å². The number of aliphatic imine (C=N–C) groups is 1. The van der Waals surface area contributed by atoms with Crippen LogP contribution in [0.1, 0.15) is 48.8 Å². The lowest BCUT2D eigenvalue weighted by atomic mass is 9.74. The van der Waals surface area contributed by atoms with Crippen molar-refractivity contribution in [3.63, 3.8) is 0 Å². The van der Waals surface area contributed by atoms with Gasteiger partial charge in [-0.05, 0) is 49.9 Å². The molecule has 0 radical (unpaired) electrons. The van der Waals surface area contributed by atoms with Gasteiger partial charge in [0.1, 0.15) is 0 Å². The molecule has 7 nitrogen and oxygen atoms in total. The van der Waals surface area contributed by atoms with Gasteiger partial charge in [0.15, 0.2) is 11.5 Å². The van der Waals surface area contributed by atoms with Gasteiger partial charge < -0.3 is 24.1 Å². The highest BCUT2D eigenvalue weighted by molar-refractivity contribution is 6.16. The second kappa shape index (κ2) is 8.52. The molecule has 1 aliphatic heterocycles. The summed E-state index contributed by atoms with van der Waals surface area (Å²) in [6.07, 6.45) is 1.95. The van der Waals surface area contributed by atoms with Crippen molar-refractivity contribution in [3.05, 3.63) is 41.0 Å². The van der Waals surface area contributed by atoms with Crippen molar-refractivity contribution in [2.45, 2.75) is 44.2 Å². The summed E-state index contributed by atoms with van der Waals surface area (Å²) >= 11 is 0. The highest BCUT2D eigenvalue weighted by atomic mass is 16.5. The lowest BCUT2D eigenvalue weighted by molar-refractivity contribution is 0.111. The van der Waals surface area contributed by atoms with Crippen molar-refractivity contribution < 1.29 is 24.1 Å². The van der Waals surface area contributed by atoms with Crippen LogP contribution in [-0.4, -0.2) is 55.9 Å². The number of aliphatic hydroxyl groups is 1. The number of rotatable bonds is 6. The SMILES string of the molecule is CCOc1cc2c(cc1OC)C(c1ccc(OC)nc1OC)=N[C@@H]1C[C@H](O)CC[C@H]21. The van der Waals surface area contributed by atoms with Gasteiger partial charge in [0.25, 0.3) is 0 Å². The number of aliphatic hydroxyl groups excluding tert-OH is 1. The first-order valence-corrected chi connectivity index (χ1v) is 10.3. The second-order valence-electron chi connectivity index (χ2n) is 7.55. The van der Waals surface area contributed by atoms with E-state index in [-0.39, 0.29) is 18.1 Å². The highest BCUT2D eigenvalue weighted by Gasteiger charge is 2.38. The molecule has 3 atom stereocenters. The lowest BCUT2D eigenvalue weighted by Crippen LogP contribution is -2.34. The average molecular weight is 412 g/mol. The van der Waals surface area contributed by atoms with Gasteiger partial charge in [-0.2, -0.15) is 4.98 Å². The van der Waals surface area contributed by atoms with Gasteiger partial charge in [-0.1, -0.05) is 0 Å². The smallest absolute Gasteiger partial charge is 0.226 e. The van der Waals surface area contributed by atoms with E-state index < -0.39 is 0 Å². The van der Waals surface area contributed by atoms with Crippen LogP contribution in [0.2, 0.25) is 0 Å². The van der Waals surface area contributed by atoms with Gasteiger partial charge in [0, 0.05) is 17.5 Å². The van der Waals surface area contributed by atoms with Gasteiger partial charge in [0.05, 0.1) is 51.4 Å². The summed E-state index contributed by atoms with van der Waals surface area (Å²) in [5.74, 6) is 2.54. The minimum Gasteiger partial charge on any atom is -0.493 e. The number of aromatic nitrogens is 1. The van der Waals surface area contributed by atoms with E-state index in [1.807, 2.05) is 19.1 Å². The van der Waals surface area contributed by atoms with Gasteiger partial charge in [-0.25, -0.2) is 0 Å². The second-order valence-corrected chi connectivity index (χ2v) is 7.55. The fourth-order valence-corrected chi connectivity index (χ4v) is 4.47. The fraction of sp³-hybridized carbons (Fsp3) is 0.478. The Hall–Kier alpha value is -2.80. The number of hydrogen-bond acceptors (Lipinski definition) is 7. The number of fused-ring (bicyclic) bond motifs is 3. The lowest BCUT2D eigenvalue weighted by Gasteiger charge is -2.37. The maximum Gasteiger partial charge on any atom is 0.226 e. The summed E-state index contributed by atoms with van der Waals surface area (Å²) < 4.78 is 22.3. The molecule has 1 aromatic carbocycles. The van der Waals surface area contributed by atoms with Crippen molar-refractivity contribution in [1.29, 1.82) is 0 Å². The minimum absolute atomic E-state index is 0.00840. The van der Waals surface area contributed by atoms with E-state index in [4.69, 9.17) is 23.9 Å². The molecule has 1 N–H and O–H groups in total. The van der Waals surface area contributed by atoms with Crippen molar-refractivity contribution in [2.75, 3.05) is 27.9 Å². The van der Waals surface area contributed by atoms with Crippen LogP contribution in [0.15, 0.2) is 29.3 Å². The third kappa shape index (κ3) is 3.58. The molecule has 160 valence electrons. The zero-order valence-electron chi connectivity index (χ0n) is 17.8. The Balaban J connectivity index is 1.91. The van der Waals surface area contributed by atoms with E-state index in [9.17, 15) is 5.11 Å². The molecule has 1 aromatic heterocycles. The van der Waals surface area contributed by atoms with Gasteiger partial charge in [0.2, 0.25) is 11.8 Å². The first-order valence-electron chi connectivity index (χ1n) is 10.3. The van der Waals surface area contributed by atoms with Crippen LogP contribution in [0, 0.1) is 0 Å². The van der Waals surface area contributed by atoms with Crippen molar-refractivity contribution in [1.82, 2.24) is 4.98 Å². The summed E-state index contributed by atoms with van der Waals surface area (Å²) in [6, 6.07) is 7.77. The zero-order valence-corrected chi connectivity index (χ0v) is 17.8. The maximum absolute atomic E-state index is 10.3. The minimum atomic E-state index is -0.335. The molecule has 1 fully saturated rings. The van der Waals surface area contributed by atoms with E-state index in [1.165, 1.54) is 5.56 Å². The van der Waals surface area contributed by atoms with Crippen LogP contribution in [0.5, 0.6) is 23.3 Å². The van der Waals surface area contributed by atoms with Gasteiger partial charge in [-0.15, -0.1) is 0 Å². The number of hydrogen-bond donors (Lipinski definition) is 1. The average Bonchev–Trinajstić information content (AvgIpc) is 2.77. The molecular formula is C23H28N2O5. The first-order chi connectivity index (χ1) is 14.6. The molecule has 1 saturated carbocycles. The number of methoxy groups -OCH3 is 3. The van der Waals surface area contributed by atoms with Crippen LogP contribution in [0.4, 0.5) is 0 Å². The van der Waals surface area contributed by atoms with E-state index in [0.29, 0.717) is 30.5 Å². The van der Waals surface area contributed by atoms with E-state index in [2.05, 4.69) is 11.1 Å². The first kappa shape index (κ1) is 20.5. The molecule has 0 unspecified atom stereocenters. The normalized spacial score (nSPS) is 22.4. The Morgan fingerprint density at radius 3 is 2.53 bits per heavy atom. The molecule has 0 bridgehead atoms. The molecule has 30 heavy (non-hydrogen) atoms. The predicted molar refractivity (Wildman–Crippen MR) is 114 cm³/mol. The predicted octanol–water partition coefficient (Wildman–Crippen LogP) is 3.35. The Morgan fingerprint density at radius 1 is 1.00 bits per heavy atom. The Morgan fingerprint density at radius 2 is 1.83 bits per heavy atom. The standard InChI is InChI=1S/C23H28N2O5/c1-5-30-20-11-16-14-7-6-13(26)10-18(14)24-22(17(16)12-19(20)27-2)15-8-9-21(28-3)25-23(15)29-4/h8-9,11-14,18,26H,5-7,10H2,1-4H3/t13-,14-,18-/m1/s1. The summed E-state index contributed by atoms with van der Waals surface area (Å²) in [7, 11) is 4.80. The molecule has 0 amide bonds. The Labute approximate surface area is 176 Å². The Kier molecular flexibility index (Phi) is 5.81. The van der Waals surface area contributed by atoms with Crippen molar-refractivity contribution in [2.24, 2.45) is 4.99 Å². The molecule has 7 heteroatoms. The summed E-state index contributed by atoms with van der Waals surface area (Å²) in [5, 5.41) is 10.3. The fourth-order valence-electron chi connectivity index (χ4n) is 4.47. The van der Waals surface area contributed by atoms with E-state index in [1.54, 1.807) is 27.4 Å². The molecule has 2 aliphatic rings. The summed E-state index contributed by atoms with van der Waals surface area (Å²) in [6.45, 7) is 2.51. The summed E-state index contributed by atoms with van der Waals surface area (Å²) in [5.41, 5.74) is 3.72. The molecule has 2 aromatic rings. The van der Waals surface area contributed by atoms with Crippen LogP contribution < -0.4 is 18.9 Å². The number of pyridine rings is 1. The largest absolute Gasteiger partial charge is 0.493 e. The molecule has 2 heterocycles. The maximum atomic E-state index is 10.3. The third-order valence-electron chi connectivity index (χ3n) is 5.87. The zero-order chi connectivity index (χ0) is 21.3. The topological polar surface area (TPSA) is 82.4 Å². The number of ether oxygens (including phenoxy) is 4. The monoisotopic (exact) mass is 412 g/mol. The van der Waals surface area contributed by atoms with Gasteiger partial charge >= 0.3 is 0 Å². The third-order valence-corrected chi connectivity index (χ3v) is 5.87. The van der Waals surface area contributed by atoms with Gasteiger partial charge in [-0.3, -0.25) is 4.99 Å². The van der Waals surface area contributed by atoms with Crippen LogP contribution >= 0.6 is 0 Å².